The summed E-state index contributed by atoms with van der Waals surface area (Å²) < 4.78 is 65.6. The van der Waals surface area contributed by atoms with Gasteiger partial charge in [0.2, 0.25) is 0 Å². The van der Waals surface area contributed by atoms with Crippen molar-refractivity contribution in [3.05, 3.63) is 121 Å². The standard InChI is InChI=1S/C31H22N2O2S/c1-21-17-19-22(20-18-21)36(34,35)33-28-14-7-4-11-25(28)31-29(15-8-16-30(31)33)32-26-12-5-2-9-23(26)24-10-3-6-13-27(24)32/h2-20H,1H3/i2D,5D,9D,12D. The number of aryl methyl sites for hydroxylation is 1. The van der Waals surface area contributed by atoms with Crippen molar-refractivity contribution >= 4 is 53.6 Å². The molecule has 0 aliphatic rings. The molecule has 2 heterocycles. The van der Waals surface area contributed by atoms with Crippen LogP contribution in [0.25, 0.3) is 49.3 Å². The first-order valence-electron chi connectivity index (χ1n) is 13.6. The van der Waals surface area contributed by atoms with Crippen LogP contribution in [0.2, 0.25) is 0 Å². The van der Waals surface area contributed by atoms with E-state index in [-0.39, 0.29) is 29.1 Å². The molecule has 4 nitrogen and oxygen atoms in total. The molecule has 0 aliphatic heterocycles. The molecule has 0 radical (unpaired) electrons. The Kier molecular flexibility index (Phi) is 3.61. The lowest BCUT2D eigenvalue weighted by atomic mass is 10.1. The third-order valence-corrected chi connectivity index (χ3v) is 8.48. The highest BCUT2D eigenvalue weighted by Crippen LogP contribution is 2.39. The van der Waals surface area contributed by atoms with Crippen molar-refractivity contribution in [1.82, 2.24) is 8.54 Å². The van der Waals surface area contributed by atoms with Crippen LogP contribution >= 0.6 is 0 Å². The second-order valence-corrected chi connectivity index (χ2v) is 10.6. The summed E-state index contributed by atoms with van der Waals surface area (Å²) in [5.74, 6) is 0. The molecule has 0 fully saturated rings. The molecule has 0 unspecified atom stereocenters. The Bertz CT molecular complexity index is 2290. The third kappa shape index (κ3) is 2.84. The lowest BCUT2D eigenvalue weighted by Gasteiger charge is -2.12. The Morgan fingerprint density at radius 2 is 1.31 bits per heavy atom. The quantitative estimate of drug-likeness (QED) is 0.258. The lowest BCUT2D eigenvalue weighted by Crippen LogP contribution is -2.12. The second-order valence-electron chi connectivity index (χ2n) is 8.85. The maximum Gasteiger partial charge on any atom is 0.268 e. The Labute approximate surface area is 214 Å². The zero-order chi connectivity index (χ0) is 27.9. The minimum Gasteiger partial charge on any atom is -0.309 e. The van der Waals surface area contributed by atoms with E-state index < -0.39 is 10.0 Å². The molecule has 5 aromatic carbocycles. The highest BCUT2D eigenvalue weighted by molar-refractivity contribution is 7.90. The van der Waals surface area contributed by atoms with Gasteiger partial charge in [-0.15, -0.1) is 0 Å². The van der Waals surface area contributed by atoms with Crippen molar-refractivity contribution < 1.29 is 13.9 Å². The number of rotatable bonds is 3. The molecule has 0 amide bonds. The predicted octanol–water partition coefficient (Wildman–Crippen LogP) is 7.44. The minimum absolute atomic E-state index is 0.109. The molecule has 0 saturated heterocycles. The van der Waals surface area contributed by atoms with E-state index in [9.17, 15) is 8.42 Å². The van der Waals surface area contributed by atoms with Crippen LogP contribution in [0, 0.1) is 6.92 Å². The summed E-state index contributed by atoms with van der Waals surface area (Å²) in [6.45, 7) is 1.91. The number of fused-ring (bicyclic) bond motifs is 6. The van der Waals surface area contributed by atoms with Crippen LogP contribution in [0.3, 0.4) is 0 Å². The molecule has 174 valence electrons. The van der Waals surface area contributed by atoms with Crippen molar-refractivity contribution in [2.45, 2.75) is 11.8 Å². The zero-order valence-corrected chi connectivity index (χ0v) is 20.1. The molecule has 2 aromatic heterocycles. The van der Waals surface area contributed by atoms with Crippen molar-refractivity contribution in [3.63, 3.8) is 0 Å². The van der Waals surface area contributed by atoms with Crippen molar-refractivity contribution in [3.8, 4) is 5.69 Å². The van der Waals surface area contributed by atoms with Gasteiger partial charge in [0.25, 0.3) is 10.0 Å². The van der Waals surface area contributed by atoms with Crippen LogP contribution < -0.4 is 0 Å². The minimum atomic E-state index is -3.98. The molecule has 0 aliphatic carbocycles. The summed E-state index contributed by atoms with van der Waals surface area (Å²) in [7, 11) is -3.98. The number of hydrogen-bond acceptors (Lipinski definition) is 2. The molecule has 7 aromatic rings. The van der Waals surface area contributed by atoms with Gasteiger partial charge in [0.15, 0.2) is 0 Å². The summed E-state index contributed by atoms with van der Waals surface area (Å²) >= 11 is 0. The molecule has 36 heavy (non-hydrogen) atoms. The second kappa shape index (κ2) is 7.57. The normalized spacial score (nSPS) is 13.8. The van der Waals surface area contributed by atoms with E-state index in [0.717, 1.165) is 10.9 Å². The molecular weight excluding hydrogens is 464 g/mol. The smallest absolute Gasteiger partial charge is 0.268 e. The zero-order valence-electron chi connectivity index (χ0n) is 23.3. The molecule has 0 N–H and O–H groups in total. The van der Waals surface area contributed by atoms with Crippen LogP contribution in [0.4, 0.5) is 0 Å². The molecule has 0 saturated carbocycles. The average molecular weight is 491 g/mol. The molecule has 0 bridgehead atoms. The Morgan fingerprint density at radius 3 is 2.11 bits per heavy atom. The summed E-state index contributed by atoms with van der Waals surface area (Å²) in [5.41, 5.74) is 3.63. The van der Waals surface area contributed by atoms with Gasteiger partial charge < -0.3 is 4.57 Å². The summed E-state index contributed by atoms with van der Waals surface area (Å²) in [4.78, 5) is 0.178. The van der Waals surface area contributed by atoms with E-state index in [2.05, 4.69) is 0 Å². The van der Waals surface area contributed by atoms with E-state index in [1.807, 2.05) is 54.0 Å². The first-order valence-corrected chi connectivity index (χ1v) is 13.0. The SMILES string of the molecule is [2H]c1c([2H])c([2H])c2c(c1[2H])c1ccccc1n2-c1cccc2c1c1ccccc1n2S(=O)(=O)c1ccc(C)cc1. The number of hydrogen-bond donors (Lipinski definition) is 0. The fourth-order valence-electron chi connectivity index (χ4n) is 5.15. The van der Waals surface area contributed by atoms with Crippen LogP contribution in [0.5, 0.6) is 0 Å². The van der Waals surface area contributed by atoms with Gasteiger partial charge in [0.05, 0.1) is 38.1 Å². The summed E-state index contributed by atoms with van der Waals surface area (Å²) in [6.07, 6.45) is 0. The fraction of sp³-hybridized carbons (Fsp3) is 0.0323. The summed E-state index contributed by atoms with van der Waals surface area (Å²) in [5, 5.41) is 2.51. The number of para-hydroxylation sites is 3. The summed E-state index contributed by atoms with van der Waals surface area (Å²) in [6, 6.07) is 26.1. The van der Waals surface area contributed by atoms with Gasteiger partial charge in [-0.1, -0.05) is 78.3 Å². The third-order valence-electron chi connectivity index (χ3n) is 6.74. The van der Waals surface area contributed by atoms with Crippen LogP contribution in [0.15, 0.2) is 120 Å². The number of nitrogens with zero attached hydrogens (tertiary/aromatic N) is 2. The van der Waals surface area contributed by atoms with Gasteiger partial charge >= 0.3 is 0 Å². The fourth-order valence-corrected chi connectivity index (χ4v) is 6.67. The van der Waals surface area contributed by atoms with Gasteiger partial charge in [-0.25, -0.2) is 12.4 Å². The van der Waals surface area contributed by atoms with Crippen molar-refractivity contribution in [1.29, 1.82) is 0 Å². The van der Waals surface area contributed by atoms with E-state index in [1.165, 1.54) is 3.97 Å². The van der Waals surface area contributed by atoms with E-state index in [0.29, 0.717) is 43.9 Å². The average Bonchev–Trinajstić information content (AvgIpc) is 3.49. The van der Waals surface area contributed by atoms with Gasteiger partial charge in [-0.2, -0.15) is 0 Å². The first-order chi connectivity index (χ1) is 19.2. The first kappa shape index (κ1) is 17.1. The monoisotopic (exact) mass is 490 g/mol. The van der Waals surface area contributed by atoms with Crippen LogP contribution in [-0.4, -0.2) is 17.0 Å². The van der Waals surface area contributed by atoms with Crippen molar-refractivity contribution in [2.75, 3.05) is 0 Å². The van der Waals surface area contributed by atoms with Crippen LogP contribution in [0.1, 0.15) is 11.0 Å². The molecule has 7 rings (SSSR count). The molecule has 0 spiro atoms. The Hall–Kier alpha value is -4.35. The largest absolute Gasteiger partial charge is 0.309 e. The predicted molar refractivity (Wildman–Crippen MR) is 148 cm³/mol. The highest BCUT2D eigenvalue weighted by Gasteiger charge is 2.25. The van der Waals surface area contributed by atoms with Gasteiger partial charge in [-0.05, 0) is 49.4 Å². The topological polar surface area (TPSA) is 44.0 Å². The Balaban J connectivity index is 1.68. The van der Waals surface area contributed by atoms with E-state index in [4.69, 9.17) is 5.48 Å². The van der Waals surface area contributed by atoms with Gasteiger partial charge in [0.1, 0.15) is 0 Å². The maximum atomic E-state index is 14.1. The number of benzene rings is 5. The lowest BCUT2D eigenvalue weighted by molar-refractivity contribution is 0.590. The molecular formula is C31H22N2O2S. The Morgan fingerprint density at radius 1 is 0.639 bits per heavy atom. The highest BCUT2D eigenvalue weighted by atomic mass is 32.2. The van der Waals surface area contributed by atoms with E-state index >= 15 is 0 Å². The maximum absolute atomic E-state index is 14.1. The molecule has 0 atom stereocenters. The molecule has 5 heteroatoms. The van der Waals surface area contributed by atoms with Gasteiger partial charge in [0, 0.05) is 21.5 Å². The van der Waals surface area contributed by atoms with Crippen LogP contribution in [-0.2, 0) is 10.0 Å². The number of aromatic nitrogens is 2. The van der Waals surface area contributed by atoms with Gasteiger partial charge in [-0.3, -0.25) is 0 Å². The van der Waals surface area contributed by atoms with Crippen molar-refractivity contribution in [2.24, 2.45) is 0 Å². The van der Waals surface area contributed by atoms with E-state index in [1.54, 1.807) is 48.5 Å².